The normalized spacial score (nSPS) is 17.7. The molecule has 0 radical (unpaired) electrons. The summed E-state index contributed by atoms with van der Waals surface area (Å²) >= 11 is 0. The van der Waals surface area contributed by atoms with E-state index in [4.69, 9.17) is 10.5 Å². The quantitative estimate of drug-likeness (QED) is 0.0998. The maximum Gasteiger partial charge on any atom is 0.306 e. The molecule has 3 aromatic carbocycles. The standard InChI is InChI=1S/C34H34FN5O4S.C25H27FN6O2S/c1-22-11-13-27(14-12-22)45(42,43)40-19-29(28-18-36-21-37-34(28)40)33-38-23(2)32(35)30(39-33)16-25-9-6-10-26(15-25)17-31(41)44-20-24-7-4-3-5-8-24;1-15-6-8-19(9-7-15)35(33,34)32-13-21(20-12-28-14-29-25(20)32)24-30-16(2)23(26)22(31-24)11-17-4-3-5-18(27)10-17/h3-5,7-8,11-14,18-19,21,25-26H,6,9-10,15-17,20H2,1-2H3;6-9,12-14,17-18H,3-5,10-11,27H2,1-2H3/t25-,26+;17-,18+/m11/s1. The molecule has 0 saturated heterocycles. The Morgan fingerprint density at radius 1 is 0.613 bits per heavy atom. The zero-order valence-electron chi connectivity index (χ0n) is 44.8. The van der Waals surface area contributed by atoms with Crippen molar-refractivity contribution in [2.24, 2.45) is 23.5 Å². The van der Waals surface area contributed by atoms with Gasteiger partial charge in [0.15, 0.2) is 34.6 Å². The van der Waals surface area contributed by atoms with Crippen molar-refractivity contribution in [3.8, 4) is 22.8 Å². The first kappa shape index (κ1) is 55.6. The van der Waals surface area contributed by atoms with Gasteiger partial charge in [-0.3, -0.25) is 4.79 Å². The number of carbonyl (C=O) groups excluding carboxylic acids is 1. The molecule has 6 aromatic heterocycles. The van der Waals surface area contributed by atoms with Crippen LogP contribution < -0.4 is 5.73 Å². The number of esters is 1. The first-order valence-electron chi connectivity index (χ1n) is 26.7. The van der Waals surface area contributed by atoms with Crippen molar-refractivity contribution in [1.29, 1.82) is 0 Å². The first-order chi connectivity index (χ1) is 38.4. The van der Waals surface area contributed by atoms with E-state index in [1.807, 2.05) is 44.2 Å². The Labute approximate surface area is 463 Å². The Morgan fingerprint density at radius 3 is 1.56 bits per heavy atom. The third-order valence-corrected chi connectivity index (χ3v) is 18.4. The topological polar surface area (TPSA) is 234 Å². The molecular formula is C59H61F2N11O6S2. The van der Waals surface area contributed by atoms with Crippen LogP contribution in [0.4, 0.5) is 8.78 Å². The molecular weight excluding hydrogens is 1060 g/mol. The van der Waals surface area contributed by atoms with E-state index >= 15 is 8.78 Å². The fraction of sp³-hybridized carbons (Fsp3) is 0.339. The van der Waals surface area contributed by atoms with Gasteiger partial charge in [-0.25, -0.2) is 73.4 Å². The fourth-order valence-electron chi connectivity index (χ4n) is 10.9. The number of hydrogen-bond donors (Lipinski definition) is 1. The van der Waals surface area contributed by atoms with Crippen LogP contribution in [0.15, 0.2) is 126 Å². The van der Waals surface area contributed by atoms with Gasteiger partial charge in [-0.05, 0) is 120 Å². The lowest BCUT2D eigenvalue weighted by atomic mass is 9.78. The maximum absolute atomic E-state index is 15.5. The number of benzene rings is 3. The minimum atomic E-state index is -4.00. The molecule has 17 nitrogen and oxygen atoms in total. The van der Waals surface area contributed by atoms with E-state index in [0.29, 0.717) is 46.9 Å². The number of fused-ring (bicyclic) bond motifs is 2. The smallest absolute Gasteiger partial charge is 0.306 e. The highest BCUT2D eigenvalue weighted by atomic mass is 32.2. The third-order valence-electron chi connectivity index (χ3n) is 15.1. The van der Waals surface area contributed by atoms with E-state index < -0.39 is 31.7 Å². The molecule has 4 atom stereocenters. The number of halogens is 2. The molecule has 11 rings (SSSR count). The molecule has 0 unspecified atom stereocenters. The van der Waals surface area contributed by atoms with Crippen LogP contribution in [-0.2, 0) is 49.0 Å². The lowest BCUT2D eigenvalue weighted by Crippen LogP contribution is -2.29. The second kappa shape index (κ2) is 23.5. The van der Waals surface area contributed by atoms with Crippen LogP contribution in [0.1, 0.15) is 97.3 Å². The third kappa shape index (κ3) is 12.0. The number of rotatable bonds is 14. The first-order valence-corrected chi connectivity index (χ1v) is 29.6. The largest absolute Gasteiger partial charge is 0.461 e. The van der Waals surface area contributed by atoms with Crippen LogP contribution in [0.5, 0.6) is 0 Å². The second-order valence-electron chi connectivity index (χ2n) is 21.1. The van der Waals surface area contributed by atoms with Gasteiger partial charge < -0.3 is 10.5 Å². The summed E-state index contributed by atoms with van der Waals surface area (Å²) in [5, 5.41) is 0.914. The summed E-state index contributed by atoms with van der Waals surface area (Å²) in [5.74, 6) is -0.142. The van der Waals surface area contributed by atoms with Crippen LogP contribution in [-0.4, -0.2) is 76.7 Å². The van der Waals surface area contributed by atoms with E-state index in [9.17, 15) is 21.6 Å². The van der Waals surface area contributed by atoms with Crippen molar-refractivity contribution in [3.63, 3.8) is 0 Å². The average molecular weight is 1120 g/mol. The van der Waals surface area contributed by atoms with Crippen LogP contribution in [0, 0.1) is 57.1 Å². The van der Waals surface area contributed by atoms with Gasteiger partial charge in [0.05, 0.1) is 32.6 Å². The second-order valence-corrected chi connectivity index (χ2v) is 24.7. The molecule has 0 bridgehead atoms. The Bertz CT molecular complexity index is 3960. The molecule has 9 aromatic rings. The number of nitrogens with two attached hydrogens (primary N) is 1. The zero-order valence-corrected chi connectivity index (χ0v) is 46.5. The summed E-state index contributed by atoms with van der Waals surface area (Å²) in [4.78, 5) is 47.5. The highest BCUT2D eigenvalue weighted by Crippen LogP contribution is 2.37. The molecule has 0 amide bonds. The Balaban J connectivity index is 0.000000186. The minimum absolute atomic E-state index is 0.114. The predicted octanol–water partition coefficient (Wildman–Crippen LogP) is 10.3. The average Bonchev–Trinajstić information content (AvgIpc) is 4.09. The van der Waals surface area contributed by atoms with E-state index in [0.717, 1.165) is 76.0 Å². The predicted molar refractivity (Wildman–Crippen MR) is 298 cm³/mol. The molecule has 414 valence electrons. The molecule has 21 heteroatoms. The highest BCUT2D eigenvalue weighted by molar-refractivity contribution is 7.90. The Hall–Kier alpha value is -7.75. The van der Waals surface area contributed by atoms with Gasteiger partial charge >= 0.3 is 5.97 Å². The van der Waals surface area contributed by atoms with Crippen molar-refractivity contribution in [2.45, 2.75) is 121 Å². The van der Waals surface area contributed by atoms with Gasteiger partial charge in [-0.1, -0.05) is 85.0 Å². The van der Waals surface area contributed by atoms with Crippen molar-refractivity contribution in [1.82, 2.24) is 47.8 Å². The van der Waals surface area contributed by atoms with Gasteiger partial charge in [-0.15, -0.1) is 0 Å². The molecule has 0 spiro atoms. The molecule has 2 saturated carbocycles. The van der Waals surface area contributed by atoms with Gasteiger partial charge in [0.25, 0.3) is 20.0 Å². The molecule has 6 heterocycles. The number of ether oxygens (including phenoxy) is 1. The van der Waals surface area contributed by atoms with Crippen LogP contribution in [0.25, 0.3) is 44.8 Å². The van der Waals surface area contributed by atoms with Crippen molar-refractivity contribution in [3.05, 3.63) is 167 Å². The van der Waals surface area contributed by atoms with Gasteiger partial charge in [-0.2, -0.15) is 0 Å². The lowest BCUT2D eigenvalue weighted by molar-refractivity contribution is -0.146. The SMILES string of the molecule is Cc1ccc(S(=O)(=O)n2cc(-c3nc(C)c(F)c(C[C@@H]4CCC[C@H](CC(=O)OCc5ccccc5)C4)n3)c3cncnc32)cc1.Cc1ccc(S(=O)(=O)n2cc(-c3nc(C)c(F)c(C[C@@H]4CCC[C@H](N)C4)n3)c3cncnc32)cc1. The summed E-state index contributed by atoms with van der Waals surface area (Å²) in [6.07, 6.45) is 17.0. The molecule has 80 heavy (non-hydrogen) atoms. The van der Waals surface area contributed by atoms with Crippen molar-refractivity contribution < 1.29 is 35.1 Å². The maximum atomic E-state index is 15.5. The Morgan fingerprint density at radius 2 is 1.07 bits per heavy atom. The summed E-state index contributed by atoms with van der Waals surface area (Å²) in [6, 6.07) is 22.9. The summed E-state index contributed by atoms with van der Waals surface area (Å²) in [5.41, 5.74) is 11.2. The minimum Gasteiger partial charge on any atom is -0.461 e. The molecule has 2 N–H and O–H groups in total. The van der Waals surface area contributed by atoms with Crippen LogP contribution in [0.2, 0.25) is 0 Å². The lowest BCUT2D eigenvalue weighted by Gasteiger charge is -2.28. The monoisotopic (exact) mass is 1120 g/mol. The molecule has 0 aliphatic heterocycles. The van der Waals surface area contributed by atoms with E-state index in [-0.39, 0.29) is 86.2 Å². The van der Waals surface area contributed by atoms with E-state index in [1.54, 1.807) is 62.4 Å². The number of hydrogen-bond acceptors (Lipinski definition) is 15. The van der Waals surface area contributed by atoms with E-state index in [2.05, 4.69) is 39.9 Å². The molecule has 2 aliphatic rings. The number of aromatic nitrogens is 10. The number of carbonyl (C=O) groups is 1. The van der Waals surface area contributed by atoms with Crippen molar-refractivity contribution >= 4 is 48.1 Å². The van der Waals surface area contributed by atoms with Gasteiger partial charge in [0.2, 0.25) is 0 Å². The Kier molecular flexibility index (Phi) is 16.3. The summed E-state index contributed by atoms with van der Waals surface area (Å²) < 4.78 is 92.5. The van der Waals surface area contributed by atoms with E-state index in [1.165, 1.54) is 37.4 Å². The van der Waals surface area contributed by atoms with Crippen LogP contribution in [0.3, 0.4) is 0 Å². The summed E-state index contributed by atoms with van der Waals surface area (Å²) in [7, 11) is -7.94. The van der Waals surface area contributed by atoms with Gasteiger partial charge in [0.1, 0.15) is 19.3 Å². The summed E-state index contributed by atoms with van der Waals surface area (Å²) in [6.45, 7) is 7.19. The molecule has 2 fully saturated rings. The number of aryl methyl sites for hydroxylation is 4. The highest BCUT2D eigenvalue weighted by Gasteiger charge is 2.30. The van der Waals surface area contributed by atoms with Crippen molar-refractivity contribution in [2.75, 3.05) is 0 Å². The number of nitrogens with zero attached hydrogens (tertiary/aromatic N) is 10. The zero-order chi connectivity index (χ0) is 56.3. The fourth-order valence-corrected chi connectivity index (χ4v) is 13.5. The van der Waals surface area contributed by atoms with Gasteiger partial charge in [0, 0.05) is 59.1 Å². The molecule has 2 aliphatic carbocycles. The van der Waals surface area contributed by atoms with Crippen LogP contribution >= 0.6 is 0 Å².